The van der Waals surface area contributed by atoms with Crippen LogP contribution in [0.15, 0.2) is 46.5 Å². The van der Waals surface area contributed by atoms with Gasteiger partial charge in [-0.1, -0.05) is 0 Å². The van der Waals surface area contributed by atoms with Crippen LogP contribution in [0, 0.1) is 0 Å². The molecule has 3 aromatic rings. The number of piperazine rings is 1. The van der Waals surface area contributed by atoms with Gasteiger partial charge in [0, 0.05) is 57.1 Å². The van der Waals surface area contributed by atoms with E-state index in [-0.39, 0.29) is 6.04 Å². The van der Waals surface area contributed by atoms with Crippen LogP contribution in [0.3, 0.4) is 0 Å². The zero-order valence-corrected chi connectivity index (χ0v) is 17.2. The van der Waals surface area contributed by atoms with Gasteiger partial charge in [0.2, 0.25) is 5.65 Å². The molecule has 0 amide bonds. The lowest BCUT2D eigenvalue weighted by Gasteiger charge is -2.42. The highest BCUT2D eigenvalue weighted by atomic mass is 16.3. The van der Waals surface area contributed by atoms with E-state index in [0.717, 1.165) is 49.2 Å². The van der Waals surface area contributed by atoms with E-state index in [9.17, 15) is 0 Å². The maximum Gasteiger partial charge on any atom is 0.203 e. The molecule has 0 spiro atoms. The molecule has 4 rings (SSSR count). The first-order chi connectivity index (χ1) is 14.1. The number of hydrogen-bond acceptors (Lipinski definition) is 6. The molecule has 1 aliphatic rings. The molecule has 9 heteroatoms. The van der Waals surface area contributed by atoms with Crippen molar-refractivity contribution in [1.29, 1.82) is 0 Å². The summed E-state index contributed by atoms with van der Waals surface area (Å²) in [5, 5.41) is 11.8. The fourth-order valence-electron chi connectivity index (χ4n) is 3.63. The van der Waals surface area contributed by atoms with Crippen LogP contribution in [0.1, 0.15) is 26.5 Å². The average molecular weight is 396 g/mol. The lowest BCUT2D eigenvalue weighted by atomic mass is 10.2. The Morgan fingerprint density at radius 2 is 2.28 bits per heavy atom. The van der Waals surface area contributed by atoms with Gasteiger partial charge in [0.1, 0.15) is 12.1 Å². The predicted octanol–water partition coefficient (Wildman–Crippen LogP) is 1.82. The van der Waals surface area contributed by atoms with Gasteiger partial charge in [-0.2, -0.15) is 0 Å². The highest BCUT2D eigenvalue weighted by molar-refractivity contribution is 5.80. The lowest BCUT2D eigenvalue weighted by Crippen LogP contribution is -2.57. The Morgan fingerprint density at radius 1 is 1.38 bits per heavy atom. The zero-order chi connectivity index (χ0) is 20.2. The number of aromatic nitrogens is 4. The van der Waals surface area contributed by atoms with E-state index >= 15 is 0 Å². The number of fused-ring (bicyclic) bond motifs is 1. The summed E-state index contributed by atoms with van der Waals surface area (Å²) in [4.78, 5) is 14.1. The first kappa shape index (κ1) is 19.2. The SMILES string of the molecule is CC(C)NC(=NCCc1ccco1)N1CCN(c2nccn3cnnc23)C(C)C1. The Morgan fingerprint density at radius 3 is 3.03 bits per heavy atom. The first-order valence-corrected chi connectivity index (χ1v) is 10.1. The van der Waals surface area contributed by atoms with E-state index in [2.05, 4.69) is 51.1 Å². The summed E-state index contributed by atoms with van der Waals surface area (Å²) < 4.78 is 7.33. The third-order valence-corrected chi connectivity index (χ3v) is 5.01. The number of nitrogens with zero attached hydrogens (tertiary/aromatic N) is 7. The van der Waals surface area contributed by atoms with E-state index in [1.54, 1.807) is 18.8 Å². The molecule has 154 valence electrons. The molecule has 0 radical (unpaired) electrons. The van der Waals surface area contributed by atoms with Gasteiger partial charge in [-0.15, -0.1) is 10.2 Å². The summed E-state index contributed by atoms with van der Waals surface area (Å²) in [6.45, 7) is 9.74. The molecule has 29 heavy (non-hydrogen) atoms. The van der Waals surface area contributed by atoms with Crippen molar-refractivity contribution in [1.82, 2.24) is 29.8 Å². The van der Waals surface area contributed by atoms with Crippen LogP contribution in [-0.4, -0.2) is 68.7 Å². The van der Waals surface area contributed by atoms with Gasteiger partial charge < -0.3 is 19.5 Å². The Labute approximate surface area is 170 Å². The number of hydrogen-bond donors (Lipinski definition) is 1. The zero-order valence-electron chi connectivity index (χ0n) is 17.2. The molecule has 1 saturated heterocycles. The maximum atomic E-state index is 5.42. The molecule has 1 aliphatic heterocycles. The molecule has 1 N–H and O–H groups in total. The molecule has 9 nitrogen and oxygen atoms in total. The smallest absolute Gasteiger partial charge is 0.203 e. The van der Waals surface area contributed by atoms with E-state index in [0.29, 0.717) is 12.6 Å². The van der Waals surface area contributed by atoms with Crippen molar-refractivity contribution in [2.45, 2.75) is 39.3 Å². The Hall–Kier alpha value is -3.10. The fourth-order valence-corrected chi connectivity index (χ4v) is 3.63. The standard InChI is InChI=1S/C20H28N8O/c1-15(2)24-20(22-7-6-17-5-4-12-29-17)26-10-11-28(16(3)13-26)18-19-25-23-14-27(19)9-8-21-18/h4-5,8-9,12,14-16H,6-7,10-11,13H2,1-3H3,(H,22,24). The second-order valence-corrected chi connectivity index (χ2v) is 7.63. The van der Waals surface area contributed by atoms with Crippen LogP contribution in [-0.2, 0) is 6.42 Å². The summed E-state index contributed by atoms with van der Waals surface area (Å²) in [6, 6.07) is 4.49. The molecule has 0 saturated carbocycles. The van der Waals surface area contributed by atoms with Gasteiger partial charge in [-0.25, -0.2) is 4.98 Å². The quantitative estimate of drug-likeness (QED) is 0.520. The number of furan rings is 1. The highest BCUT2D eigenvalue weighted by Gasteiger charge is 2.28. The Kier molecular flexibility index (Phi) is 5.64. The third kappa shape index (κ3) is 4.33. The molecular formula is C20H28N8O. The van der Waals surface area contributed by atoms with Gasteiger partial charge in [0.05, 0.1) is 6.26 Å². The van der Waals surface area contributed by atoms with Crippen molar-refractivity contribution < 1.29 is 4.42 Å². The number of anilines is 1. The highest BCUT2D eigenvalue weighted by Crippen LogP contribution is 2.22. The van der Waals surface area contributed by atoms with Gasteiger partial charge in [0.15, 0.2) is 11.8 Å². The van der Waals surface area contributed by atoms with Crippen LogP contribution in [0.25, 0.3) is 5.65 Å². The third-order valence-electron chi connectivity index (χ3n) is 5.01. The molecule has 0 aromatic carbocycles. The van der Waals surface area contributed by atoms with Gasteiger partial charge in [-0.05, 0) is 32.9 Å². The topological polar surface area (TPSA) is 87.1 Å². The van der Waals surface area contributed by atoms with E-state index < -0.39 is 0 Å². The number of nitrogens with one attached hydrogen (secondary N) is 1. The van der Waals surface area contributed by atoms with Crippen molar-refractivity contribution in [2.24, 2.45) is 4.99 Å². The van der Waals surface area contributed by atoms with Crippen LogP contribution in [0.5, 0.6) is 0 Å². The largest absolute Gasteiger partial charge is 0.469 e. The van der Waals surface area contributed by atoms with E-state index in [1.165, 1.54) is 0 Å². The predicted molar refractivity (Wildman–Crippen MR) is 112 cm³/mol. The van der Waals surface area contributed by atoms with Crippen molar-refractivity contribution in [2.75, 3.05) is 31.1 Å². The Bertz CT molecular complexity index is 948. The summed E-state index contributed by atoms with van der Waals surface area (Å²) in [5.74, 6) is 2.79. The van der Waals surface area contributed by atoms with Crippen molar-refractivity contribution in [3.63, 3.8) is 0 Å². The van der Waals surface area contributed by atoms with Gasteiger partial charge in [-0.3, -0.25) is 9.39 Å². The minimum atomic E-state index is 0.267. The molecule has 3 aromatic heterocycles. The molecule has 0 bridgehead atoms. The summed E-state index contributed by atoms with van der Waals surface area (Å²) in [7, 11) is 0. The second-order valence-electron chi connectivity index (χ2n) is 7.63. The van der Waals surface area contributed by atoms with Crippen molar-refractivity contribution in [3.8, 4) is 0 Å². The minimum absolute atomic E-state index is 0.267. The van der Waals surface area contributed by atoms with Gasteiger partial charge in [0.25, 0.3) is 0 Å². The number of rotatable bonds is 5. The second kappa shape index (κ2) is 8.50. The van der Waals surface area contributed by atoms with Crippen molar-refractivity contribution >= 4 is 17.4 Å². The molecule has 0 aliphatic carbocycles. The summed E-state index contributed by atoms with van der Waals surface area (Å²) >= 11 is 0. The maximum absolute atomic E-state index is 5.42. The number of aliphatic imine (C=N–C) groups is 1. The summed E-state index contributed by atoms with van der Waals surface area (Å²) in [6.07, 6.45) is 7.88. The minimum Gasteiger partial charge on any atom is -0.469 e. The van der Waals surface area contributed by atoms with E-state index in [1.807, 2.05) is 22.7 Å². The first-order valence-electron chi connectivity index (χ1n) is 10.1. The van der Waals surface area contributed by atoms with Crippen LogP contribution >= 0.6 is 0 Å². The molecule has 4 heterocycles. The van der Waals surface area contributed by atoms with Crippen molar-refractivity contribution in [3.05, 3.63) is 42.9 Å². The van der Waals surface area contributed by atoms with Crippen LogP contribution in [0.2, 0.25) is 0 Å². The molecule has 1 fully saturated rings. The summed E-state index contributed by atoms with van der Waals surface area (Å²) in [5.41, 5.74) is 0.792. The Balaban J connectivity index is 1.46. The van der Waals surface area contributed by atoms with Gasteiger partial charge >= 0.3 is 0 Å². The molecule has 1 atom stereocenters. The van der Waals surface area contributed by atoms with Crippen LogP contribution < -0.4 is 10.2 Å². The molecule has 1 unspecified atom stereocenters. The average Bonchev–Trinajstić information content (AvgIpc) is 3.38. The molecular weight excluding hydrogens is 368 g/mol. The fraction of sp³-hybridized carbons (Fsp3) is 0.500. The van der Waals surface area contributed by atoms with E-state index in [4.69, 9.17) is 9.41 Å². The number of guanidine groups is 1. The lowest BCUT2D eigenvalue weighted by molar-refractivity contribution is 0.324. The monoisotopic (exact) mass is 396 g/mol. The normalized spacial score (nSPS) is 18.1. The van der Waals surface area contributed by atoms with Crippen LogP contribution in [0.4, 0.5) is 5.82 Å².